The van der Waals surface area contributed by atoms with E-state index in [-0.39, 0.29) is 6.04 Å². The number of rotatable bonds is 4. The van der Waals surface area contributed by atoms with Gasteiger partial charge in [0, 0.05) is 24.3 Å². The number of hydrogen-bond acceptors (Lipinski definition) is 4. The van der Waals surface area contributed by atoms with Crippen LogP contribution >= 0.6 is 0 Å². The van der Waals surface area contributed by atoms with Gasteiger partial charge in [-0.05, 0) is 37.0 Å². The lowest BCUT2D eigenvalue weighted by molar-refractivity contribution is 0.758. The molecule has 4 rings (SSSR count). The van der Waals surface area contributed by atoms with Gasteiger partial charge in [-0.3, -0.25) is 0 Å². The minimum absolute atomic E-state index is 0.192. The van der Waals surface area contributed by atoms with E-state index in [4.69, 9.17) is 0 Å². The monoisotopic (exact) mass is 330 g/mol. The highest BCUT2D eigenvalue weighted by Crippen LogP contribution is 2.32. The van der Waals surface area contributed by atoms with Crippen LogP contribution < -0.4 is 10.2 Å². The molecule has 126 valence electrons. The van der Waals surface area contributed by atoms with Crippen LogP contribution in [-0.2, 0) is 6.42 Å². The predicted molar refractivity (Wildman–Crippen MR) is 102 cm³/mol. The van der Waals surface area contributed by atoms with Crippen LogP contribution in [0.15, 0.2) is 67.0 Å². The van der Waals surface area contributed by atoms with Crippen molar-refractivity contribution in [2.75, 3.05) is 16.8 Å². The largest absolute Gasteiger partial charge is 0.363 e. The normalized spacial score (nSPS) is 14.7. The third-order valence-electron chi connectivity index (χ3n) is 4.70. The molecule has 0 aliphatic carbocycles. The smallest absolute Gasteiger partial charge is 0.138 e. The first-order valence-corrected chi connectivity index (χ1v) is 8.80. The van der Waals surface area contributed by atoms with Gasteiger partial charge in [-0.2, -0.15) is 0 Å². The quantitative estimate of drug-likeness (QED) is 0.750. The van der Waals surface area contributed by atoms with Crippen molar-refractivity contribution in [1.82, 2.24) is 9.97 Å². The molecule has 1 unspecified atom stereocenters. The Labute approximate surface area is 148 Å². The number of hydrogen-bond donors (Lipinski definition) is 1. The van der Waals surface area contributed by atoms with Gasteiger partial charge in [-0.25, -0.2) is 9.97 Å². The number of nitrogens with zero attached hydrogens (tertiary/aromatic N) is 3. The number of nitrogens with one attached hydrogen (secondary N) is 1. The van der Waals surface area contributed by atoms with Gasteiger partial charge in [0.2, 0.25) is 0 Å². The number of anilines is 3. The highest BCUT2D eigenvalue weighted by Gasteiger charge is 2.19. The van der Waals surface area contributed by atoms with Crippen LogP contribution in [0.25, 0.3) is 0 Å². The van der Waals surface area contributed by atoms with Crippen LogP contribution in [0.4, 0.5) is 17.3 Å². The average molecular weight is 330 g/mol. The summed E-state index contributed by atoms with van der Waals surface area (Å²) in [4.78, 5) is 11.2. The summed E-state index contributed by atoms with van der Waals surface area (Å²) in [6.07, 6.45) is 3.92. The lowest BCUT2D eigenvalue weighted by atomic mass is 10.0. The molecule has 0 fully saturated rings. The maximum absolute atomic E-state index is 4.52. The molecular formula is C21H22N4. The highest BCUT2D eigenvalue weighted by atomic mass is 15.2. The molecule has 2 heterocycles. The molecule has 0 saturated heterocycles. The molecular weight excluding hydrogens is 308 g/mol. The number of para-hydroxylation sites is 1. The van der Waals surface area contributed by atoms with Gasteiger partial charge in [-0.1, -0.05) is 48.5 Å². The van der Waals surface area contributed by atoms with Gasteiger partial charge in [0.15, 0.2) is 0 Å². The van der Waals surface area contributed by atoms with Crippen LogP contribution in [0, 0.1) is 0 Å². The first-order chi connectivity index (χ1) is 12.3. The third kappa shape index (κ3) is 3.33. The molecule has 25 heavy (non-hydrogen) atoms. The summed E-state index contributed by atoms with van der Waals surface area (Å²) in [5, 5.41) is 3.48. The molecule has 3 aromatic rings. The summed E-state index contributed by atoms with van der Waals surface area (Å²) in [5.41, 5.74) is 3.89. The van der Waals surface area contributed by atoms with E-state index >= 15 is 0 Å². The molecule has 1 aliphatic rings. The Bertz CT molecular complexity index is 847. The second kappa shape index (κ2) is 6.93. The summed E-state index contributed by atoms with van der Waals surface area (Å²) < 4.78 is 0. The van der Waals surface area contributed by atoms with Gasteiger partial charge < -0.3 is 10.2 Å². The zero-order valence-electron chi connectivity index (χ0n) is 14.4. The Kier molecular flexibility index (Phi) is 4.34. The molecule has 1 N–H and O–H groups in total. The van der Waals surface area contributed by atoms with Crippen LogP contribution in [0.1, 0.15) is 30.5 Å². The lowest BCUT2D eigenvalue weighted by Crippen LogP contribution is -2.25. The lowest BCUT2D eigenvalue weighted by Gasteiger charge is -2.30. The van der Waals surface area contributed by atoms with E-state index < -0.39 is 0 Å². The number of aryl methyl sites for hydroxylation is 1. The molecule has 0 spiro atoms. The third-order valence-corrected chi connectivity index (χ3v) is 4.70. The van der Waals surface area contributed by atoms with E-state index in [1.807, 2.05) is 12.1 Å². The van der Waals surface area contributed by atoms with E-state index in [1.165, 1.54) is 16.8 Å². The van der Waals surface area contributed by atoms with E-state index in [0.29, 0.717) is 0 Å². The van der Waals surface area contributed by atoms with E-state index in [2.05, 4.69) is 75.6 Å². The highest BCUT2D eigenvalue weighted by molar-refractivity contribution is 5.66. The Morgan fingerprint density at radius 3 is 2.68 bits per heavy atom. The average Bonchev–Trinajstić information content (AvgIpc) is 2.68. The molecule has 0 amide bonds. The van der Waals surface area contributed by atoms with Gasteiger partial charge in [0.25, 0.3) is 0 Å². The second-order valence-electron chi connectivity index (χ2n) is 6.42. The van der Waals surface area contributed by atoms with Gasteiger partial charge in [-0.15, -0.1) is 0 Å². The topological polar surface area (TPSA) is 41.0 Å². The fourth-order valence-corrected chi connectivity index (χ4v) is 3.39. The Hall–Kier alpha value is -2.88. The number of aromatic nitrogens is 2. The number of benzene rings is 2. The fourth-order valence-electron chi connectivity index (χ4n) is 3.39. The Morgan fingerprint density at radius 1 is 1.00 bits per heavy atom. The summed E-state index contributed by atoms with van der Waals surface area (Å²) in [6, 6.07) is 21.2. The van der Waals surface area contributed by atoms with Gasteiger partial charge in [0.1, 0.15) is 18.0 Å². The molecule has 4 heteroatoms. The Balaban J connectivity index is 1.58. The van der Waals surface area contributed by atoms with Crippen LogP contribution in [0.5, 0.6) is 0 Å². The van der Waals surface area contributed by atoms with E-state index in [9.17, 15) is 0 Å². The molecule has 1 aliphatic heterocycles. The maximum Gasteiger partial charge on any atom is 0.138 e. The predicted octanol–water partition coefficient (Wildman–Crippen LogP) is 4.73. The van der Waals surface area contributed by atoms with Crippen molar-refractivity contribution in [1.29, 1.82) is 0 Å². The molecule has 0 saturated carbocycles. The zero-order valence-corrected chi connectivity index (χ0v) is 14.4. The van der Waals surface area contributed by atoms with Crippen molar-refractivity contribution in [3.8, 4) is 0 Å². The molecule has 2 aromatic carbocycles. The molecule has 1 atom stereocenters. The van der Waals surface area contributed by atoms with Crippen molar-refractivity contribution in [3.63, 3.8) is 0 Å². The van der Waals surface area contributed by atoms with Crippen LogP contribution in [0.3, 0.4) is 0 Å². The molecule has 1 aromatic heterocycles. The Morgan fingerprint density at radius 2 is 1.80 bits per heavy atom. The SMILES string of the molecule is CC(Nc1cc(N2CCCc3ccccc32)ncn1)c1ccccc1. The van der Waals surface area contributed by atoms with Crippen molar-refractivity contribution in [3.05, 3.63) is 78.1 Å². The van der Waals surface area contributed by atoms with Gasteiger partial charge in [0.05, 0.1) is 0 Å². The molecule has 0 bridgehead atoms. The van der Waals surface area contributed by atoms with Crippen molar-refractivity contribution < 1.29 is 0 Å². The number of fused-ring (bicyclic) bond motifs is 1. The summed E-state index contributed by atoms with van der Waals surface area (Å²) in [6.45, 7) is 3.13. The van der Waals surface area contributed by atoms with Crippen LogP contribution in [0.2, 0.25) is 0 Å². The van der Waals surface area contributed by atoms with E-state index in [0.717, 1.165) is 31.0 Å². The second-order valence-corrected chi connectivity index (χ2v) is 6.42. The summed E-state index contributed by atoms with van der Waals surface area (Å²) >= 11 is 0. The van der Waals surface area contributed by atoms with Crippen LogP contribution in [-0.4, -0.2) is 16.5 Å². The standard InChI is InChI=1S/C21H22N4/c1-16(17-8-3-2-4-9-17)24-20-14-21(23-15-22-20)25-13-7-11-18-10-5-6-12-19(18)25/h2-6,8-10,12,14-16H,7,11,13H2,1H3,(H,22,23,24). The fraction of sp³-hybridized carbons (Fsp3) is 0.238. The first kappa shape index (κ1) is 15.6. The molecule has 0 radical (unpaired) electrons. The van der Waals surface area contributed by atoms with Crippen molar-refractivity contribution in [2.24, 2.45) is 0 Å². The zero-order chi connectivity index (χ0) is 17.1. The van der Waals surface area contributed by atoms with Crippen molar-refractivity contribution in [2.45, 2.75) is 25.8 Å². The van der Waals surface area contributed by atoms with Crippen molar-refractivity contribution >= 4 is 17.3 Å². The minimum atomic E-state index is 0.192. The minimum Gasteiger partial charge on any atom is -0.363 e. The summed E-state index contributed by atoms with van der Waals surface area (Å²) in [7, 11) is 0. The van der Waals surface area contributed by atoms with E-state index in [1.54, 1.807) is 6.33 Å². The first-order valence-electron chi connectivity index (χ1n) is 8.80. The molecule has 4 nitrogen and oxygen atoms in total. The van der Waals surface area contributed by atoms with Gasteiger partial charge >= 0.3 is 0 Å². The summed E-state index contributed by atoms with van der Waals surface area (Å²) in [5.74, 6) is 1.80. The maximum atomic E-state index is 4.52.